The Hall–Kier alpha value is -0.860. The Morgan fingerprint density at radius 3 is 2.50 bits per heavy atom. The number of sulfonamides is 1. The molecule has 0 aliphatic carbocycles. The van der Waals surface area contributed by atoms with E-state index in [0.29, 0.717) is 6.07 Å². The van der Waals surface area contributed by atoms with E-state index in [2.05, 4.69) is 4.98 Å². The number of nitrogens with two attached hydrogens (primary N) is 1. The first kappa shape index (κ1) is 13.2. The van der Waals surface area contributed by atoms with Crippen LogP contribution in [0.4, 0.5) is 8.78 Å². The van der Waals surface area contributed by atoms with Gasteiger partial charge in [-0.15, -0.1) is 0 Å². The van der Waals surface area contributed by atoms with E-state index in [1.54, 1.807) is 0 Å². The van der Waals surface area contributed by atoms with Crippen molar-refractivity contribution in [2.24, 2.45) is 5.14 Å². The molecule has 0 bridgehead atoms. The Bertz CT molecular complexity index is 568. The molecule has 9 heteroatoms. The second-order valence-corrected chi connectivity index (χ2v) is 5.19. The quantitative estimate of drug-likeness (QED) is 0.633. The van der Waals surface area contributed by atoms with Crippen LogP contribution >= 0.6 is 22.6 Å². The van der Waals surface area contributed by atoms with Gasteiger partial charge >= 0.3 is 0 Å². The van der Waals surface area contributed by atoms with Gasteiger partial charge in [-0.2, -0.15) is 5.26 Å². The summed E-state index contributed by atoms with van der Waals surface area (Å²) in [7, 11) is -4.16. The van der Waals surface area contributed by atoms with Crippen molar-refractivity contribution in [2.75, 3.05) is 0 Å². The van der Waals surface area contributed by atoms with Gasteiger partial charge in [0.2, 0.25) is 10.0 Å². The van der Waals surface area contributed by atoms with Crippen LogP contribution in [0.25, 0.3) is 0 Å². The molecule has 0 fully saturated rings. The maximum atomic E-state index is 12.3. The van der Waals surface area contributed by atoms with Crippen LogP contribution in [0.2, 0.25) is 0 Å². The highest BCUT2D eigenvalue weighted by Crippen LogP contribution is 2.25. The number of primary sulfonamides is 1. The van der Waals surface area contributed by atoms with E-state index in [4.69, 9.17) is 10.4 Å². The number of halogens is 3. The molecule has 0 radical (unpaired) electrons. The van der Waals surface area contributed by atoms with Crippen LogP contribution < -0.4 is 5.14 Å². The summed E-state index contributed by atoms with van der Waals surface area (Å²) >= 11 is 1.44. The van der Waals surface area contributed by atoms with Gasteiger partial charge in [0.1, 0.15) is 20.4 Å². The summed E-state index contributed by atoms with van der Waals surface area (Å²) in [6.07, 6.45) is -2.88. The third-order valence-corrected chi connectivity index (χ3v) is 3.71. The standard InChI is InChI=1S/C7H4F2IN3O2S/c8-6(9)4-1-3(2-11)5(7(10)13-4)16(12,14)15/h1,6H,(H2,12,14,15). The number of hydrogen-bond donors (Lipinski definition) is 1. The topological polar surface area (TPSA) is 96.8 Å². The average molecular weight is 359 g/mol. The molecular formula is C7H4F2IN3O2S. The Kier molecular flexibility index (Phi) is 3.76. The Balaban J connectivity index is 3.62. The van der Waals surface area contributed by atoms with Crippen LogP contribution in [-0.2, 0) is 10.0 Å². The first-order valence-corrected chi connectivity index (χ1v) is 6.31. The zero-order valence-electron chi connectivity index (χ0n) is 7.49. The van der Waals surface area contributed by atoms with Crippen molar-refractivity contribution in [3.8, 4) is 6.07 Å². The molecule has 0 unspecified atom stereocenters. The van der Waals surface area contributed by atoms with Gasteiger partial charge in [0.15, 0.2) is 0 Å². The fourth-order valence-corrected chi connectivity index (χ4v) is 3.17. The lowest BCUT2D eigenvalue weighted by atomic mass is 10.2. The minimum absolute atomic E-state index is 0.241. The molecule has 0 saturated heterocycles. The highest BCUT2D eigenvalue weighted by atomic mass is 127. The highest BCUT2D eigenvalue weighted by molar-refractivity contribution is 14.1. The monoisotopic (exact) mass is 359 g/mol. The van der Waals surface area contributed by atoms with Gasteiger partial charge in [-0.3, -0.25) is 0 Å². The number of rotatable bonds is 2. The molecule has 0 aromatic carbocycles. The summed E-state index contributed by atoms with van der Waals surface area (Å²) < 4.78 is 46.6. The van der Waals surface area contributed by atoms with E-state index < -0.39 is 32.6 Å². The molecule has 1 rings (SSSR count). The minimum Gasteiger partial charge on any atom is -0.239 e. The number of nitriles is 1. The predicted octanol–water partition coefficient (Wildman–Crippen LogP) is 1.14. The molecule has 1 aromatic rings. The van der Waals surface area contributed by atoms with Crippen molar-refractivity contribution >= 4 is 32.6 Å². The van der Waals surface area contributed by atoms with Crippen LogP contribution in [-0.4, -0.2) is 13.4 Å². The summed E-state index contributed by atoms with van der Waals surface area (Å²) in [6, 6.07) is 2.22. The second-order valence-electron chi connectivity index (χ2n) is 2.67. The van der Waals surface area contributed by atoms with Gasteiger partial charge < -0.3 is 0 Å². The molecule has 0 spiro atoms. The third kappa shape index (κ3) is 2.63. The van der Waals surface area contributed by atoms with Gasteiger partial charge in [0.05, 0.1) is 5.56 Å². The van der Waals surface area contributed by atoms with Crippen molar-refractivity contribution < 1.29 is 17.2 Å². The summed E-state index contributed by atoms with van der Waals surface area (Å²) in [5.74, 6) is 0. The minimum atomic E-state index is -4.16. The fraction of sp³-hybridized carbons (Fsp3) is 0.143. The Morgan fingerprint density at radius 2 is 2.12 bits per heavy atom. The van der Waals surface area contributed by atoms with E-state index in [1.165, 1.54) is 28.7 Å². The van der Waals surface area contributed by atoms with Crippen LogP contribution in [0, 0.1) is 15.0 Å². The molecule has 5 nitrogen and oxygen atoms in total. The lowest BCUT2D eigenvalue weighted by Gasteiger charge is -2.06. The van der Waals surface area contributed by atoms with Crippen molar-refractivity contribution in [2.45, 2.75) is 11.3 Å². The molecule has 0 atom stereocenters. The molecule has 0 saturated carbocycles. The van der Waals surface area contributed by atoms with Gasteiger partial charge in [-0.1, -0.05) is 0 Å². The summed E-state index contributed by atoms with van der Waals surface area (Å²) in [6.45, 7) is 0. The Morgan fingerprint density at radius 1 is 1.56 bits per heavy atom. The van der Waals surface area contributed by atoms with Gasteiger partial charge in [0, 0.05) is 0 Å². The van der Waals surface area contributed by atoms with Gasteiger partial charge in [-0.05, 0) is 28.7 Å². The number of pyridine rings is 1. The van der Waals surface area contributed by atoms with Crippen molar-refractivity contribution in [1.82, 2.24) is 4.98 Å². The maximum absolute atomic E-state index is 12.3. The van der Waals surface area contributed by atoms with Gasteiger partial charge in [0.25, 0.3) is 6.43 Å². The lowest BCUT2D eigenvalue weighted by molar-refractivity contribution is 0.145. The molecule has 0 aliphatic heterocycles. The smallest absolute Gasteiger partial charge is 0.239 e. The number of hydrogen-bond acceptors (Lipinski definition) is 4. The molecule has 2 N–H and O–H groups in total. The number of aromatic nitrogens is 1. The largest absolute Gasteiger partial charge is 0.280 e. The van der Waals surface area contributed by atoms with E-state index in [9.17, 15) is 17.2 Å². The molecule has 86 valence electrons. The van der Waals surface area contributed by atoms with Crippen LogP contribution in [0.1, 0.15) is 17.7 Å². The molecular weight excluding hydrogens is 355 g/mol. The normalized spacial score (nSPS) is 11.5. The van der Waals surface area contributed by atoms with Crippen molar-refractivity contribution in [3.05, 3.63) is 21.0 Å². The third-order valence-electron chi connectivity index (χ3n) is 1.58. The second kappa shape index (κ2) is 4.56. The van der Waals surface area contributed by atoms with Crippen LogP contribution in [0.5, 0.6) is 0 Å². The van der Waals surface area contributed by atoms with Gasteiger partial charge in [-0.25, -0.2) is 27.3 Å². The molecule has 1 aromatic heterocycles. The zero-order chi connectivity index (χ0) is 12.5. The molecule has 0 amide bonds. The summed E-state index contributed by atoms with van der Waals surface area (Å²) in [5.41, 5.74) is -1.09. The number of alkyl halides is 2. The maximum Gasteiger partial charge on any atom is 0.280 e. The lowest BCUT2D eigenvalue weighted by Crippen LogP contribution is -2.17. The average Bonchev–Trinajstić information content (AvgIpc) is 2.14. The zero-order valence-corrected chi connectivity index (χ0v) is 10.5. The van der Waals surface area contributed by atoms with Crippen LogP contribution in [0.15, 0.2) is 11.0 Å². The highest BCUT2D eigenvalue weighted by Gasteiger charge is 2.22. The Labute approximate surface area is 103 Å². The predicted molar refractivity (Wildman–Crippen MR) is 58.0 cm³/mol. The van der Waals surface area contributed by atoms with Crippen molar-refractivity contribution in [3.63, 3.8) is 0 Å². The summed E-state index contributed by atoms with van der Waals surface area (Å²) in [5, 5.41) is 13.5. The SMILES string of the molecule is N#Cc1cc(C(F)F)nc(I)c1S(N)(=O)=O. The van der Waals surface area contributed by atoms with Crippen molar-refractivity contribution in [1.29, 1.82) is 5.26 Å². The van der Waals surface area contributed by atoms with E-state index in [1.807, 2.05) is 0 Å². The fourth-order valence-electron chi connectivity index (χ4n) is 0.986. The first-order valence-electron chi connectivity index (χ1n) is 3.69. The van der Waals surface area contributed by atoms with E-state index in [0.717, 1.165) is 0 Å². The number of nitrogens with zero attached hydrogens (tertiary/aromatic N) is 2. The first-order chi connectivity index (χ1) is 7.27. The van der Waals surface area contributed by atoms with Crippen LogP contribution in [0.3, 0.4) is 0 Å². The molecule has 0 aliphatic rings. The van der Waals surface area contributed by atoms with E-state index >= 15 is 0 Å². The molecule has 1 heterocycles. The summed E-state index contributed by atoms with van der Waals surface area (Å²) in [4.78, 5) is 2.85. The van der Waals surface area contributed by atoms with E-state index in [-0.39, 0.29) is 3.70 Å². The molecule has 16 heavy (non-hydrogen) atoms.